The first-order chi connectivity index (χ1) is 10.1. The van der Waals surface area contributed by atoms with Crippen molar-refractivity contribution < 1.29 is 19.2 Å². The molecule has 0 radical (unpaired) electrons. The van der Waals surface area contributed by atoms with Crippen LogP contribution in [0.1, 0.15) is 22.3 Å². The molecule has 7 heteroatoms. The van der Waals surface area contributed by atoms with E-state index in [0.29, 0.717) is 24.5 Å². The van der Waals surface area contributed by atoms with Crippen LogP contribution in [0.15, 0.2) is 28.8 Å². The number of likely N-dealkylation sites (N-methyl/N-ethyl adjacent to an activating group) is 1. The molecular weight excluding hydrogens is 274 g/mol. The summed E-state index contributed by atoms with van der Waals surface area (Å²) in [5, 5.41) is 13.1. The maximum Gasteiger partial charge on any atom is 0.336 e. The summed E-state index contributed by atoms with van der Waals surface area (Å²) in [5.41, 5.74) is 0.544. The molecule has 21 heavy (non-hydrogen) atoms. The minimum atomic E-state index is -1.03. The molecule has 0 aliphatic carbocycles. The van der Waals surface area contributed by atoms with E-state index < -0.39 is 5.97 Å². The zero-order valence-electron chi connectivity index (χ0n) is 11.5. The summed E-state index contributed by atoms with van der Waals surface area (Å²) < 4.78 is 10.8. The van der Waals surface area contributed by atoms with E-state index in [-0.39, 0.29) is 17.6 Å². The van der Waals surface area contributed by atoms with E-state index in [1.54, 1.807) is 18.2 Å². The number of ether oxygens (including phenoxy) is 1. The average molecular weight is 289 g/mol. The number of carbonyl (C=O) groups is 1. The van der Waals surface area contributed by atoms with Gasteiger partial charge in [0.15, 0.2) is 0 Å². The fraction of sp³-hybridized carbons (Fsp3) is 0.357. The molecule has 0 spiro atoms. The molecule has 1 saturated heterocycles. The van der Waals surface area contributed by atoms with Crippen LogP contribution in [0.25, 0.3) is 11.5 Å². The Morgan fingerprint density at radius 1 is 1.43 bits per heavy atom. The van der Waals surface area contributed by atoms with Crippen LogP contribution in [0.3, 0.4) is 0 Å². The maximum atomic E-state index is 11.2. The zero-order valence-corrected chi connectivity index (χ0v) is 11.5. The summed E-state index contributed by atoms with van der Waals surface area (Å²) in [5.74, 6) is -0.393. The van der Waals surface area contributed by atoms with E-state index in [2.05, 4.69) is 15.0 Å². The molecule has 1 aromatic carbocycles. The third-order valence-electron chi connectivity index (χ3n) is 3.39. The lowest BCUT2D eigenvalue weighted by molar-refractivity contribution is -0.0264. The number of carboxylic acids is 1. The molecule has 1 aromatic heterocycles. The fourth-order valence-electron chi connectivity index (χ4n) is 2.27. The van der Waals surface area contributed by atoms with Gasteiger partial charge in [0.2, 0.25) is 5.82 Å². The van der Waals surface area contributed by atoms with Gasteiger partial charge in [0, 0.05) is 13.1 Å². The largest absolute Gasteiger partial charge is 0.478 e. The van der Waals surface area contributed by atoms with E-state index in [9.17, 15) is 9.90 Å². The Morgan fingerprint density at radius 3 is 3.00 bits per heavy atom. The Balaban J connectivity index is 1.90. The Morgan fingerprint density at radius 2 is 2.24 bits per heavy atom. The maximum absolute atomic E-state index is 11.2. The van der Waals surface area contributed by atoms with Gasteiger partial charge < -0.3 is 19.3 Å². The first-order valence-electron chi connectivity index (χ1n) is 6.61. The van der Waals surface area contributed by atoms with Crippen LogP contribution >= 0.6 is 0 Å². The molecule has 0 amide bonds. The highest BCUT2D eigenvalue weighted by atomic mass is 16.5. The Bertz CT molecular complexity index is 655. The van der Waals surface area contributed by atoms with Gasteiger partial charge in [-0.2, -0.15) is 4.98 Å². The molecule has 110 valence electrons. The molecule has 0 bridgehead atoms. The van der Waals surface area contributed by atoms with Crippen molar-refractivity contribution in [3.8, 4) is 11.5 Å². The van der Waals surface area contributed by atoms with Gasteiger partial charge in [-0.25, -0.2) is 4.79 Å². The number of aromatic carboxylic acids is 1. The van der Waals surface area contributed by atoms with E-state index in [1.807, 2.05) is 7.05 Å². The van der Waals surface area contributed by atoms with E-state index in [0.717, 1.165) is 6.54 Å². The third-order valence-corrected chi connectivity index (χ3v) is 3.39. The summed E-state index contributed by atoms with van der Waals surface area (Å²) in [7, 11) is 2.00. The van der Waals surface area contributed by atoms with Gasteiger partial charge in [-0.3, -0.25) is 0 Å². The predicted molar refractivity (Wildman–Crippen MR) is 72.9 cm³/mol. The molecule has 1 fully saturated rings. The van der Waals surface area contributed by atoms with Crippen LogP contribution in [0, 0.1) is 0 Å². The van der Waals surface area contributed by atoms with Crippen molar-refractivity contribution in [2.24, 2.45) is 0 Å². The van der Waals surface area contributed by atoms with Crippen LogP contribution in [0.2, 0.25) is 0 Å². The number of carboxylic acid groups (broad SMARTS) is 1. The number of nitrogens with zero attached hydrogens (tertiary/aromatic N) is 3. The minimum absolute atomic E-state index is 0.134. The molecule has 1 aliphatic heterocycles. The quantitative estimate of drug-likeness (QED) is 0.914. The molecule has 1 atom stereocenters. The number of morpholine rings is 1. The number of hydrogen-bond donors (Lipinski definition) is 1. The average Bonchev–Trinajstić information content (AvgIpc) is 2.97. The smallest absolute Gasteiger partial charge is 0.336 e. The minimum Gasteiger partial charge on any atom is -0.478 e. The number of aromatic nitrogens is 2. The molecule has 1 N–H and O–H groups in total. The van der Waals surface area contributed by atoms with Crippen LogP contribution in [-0.4, -0.2) is 52.9 Å². The van der Waals surface area contributed by atoms with Crippen molar-refractivity contribution in [2.75, 3.05) is 26.7 Å². The first kappa shape index (κ1) is 13.7. The lowest BCUT2D eigenvalue weighted by Gasteiger charge is -2.27. The van der Waals surface area contributed by atoms with Crippen LogP contribution in [0.4, 0.5) is 0 Å². The Labute approximate surface area is 121 Å². The molecule has 3 rings (SSSR count). The van der Waals surface area contributed by atoms with Gasteiger partial charge in [0.05, 0.1) is 17.7 Å². The summed E-state index contributed by atoms with van der Waals surface area (Å²) >= 11 is 0. The van der Waals surface area contributed by atoms with Gasteiger partial charge in [-0.05, 0) is 19.2 Å². The molecule has 0 saturated carbocycles. The van der Waals surface area contributed by atoms with Crippen molar-refractivity contribution in [1.82, 2.24) is 15.0 Å². The van der Waals surface area contributed by atoms with Crippen LogP contribution in [-0.2, 0) is 4.74 Å². The normalized spacial score (nSPS) is 19.6. The monoisotopic (exact) mass is 289 g/mol. The van der Waals surface area contributed by atoms with E-state index in [1.165, 1.54) is 6.07 Å². The molecule has 2 heterocycles. The SMILES string of the molecule is CN1CCOC(c2noc(-c3ccccc3C(=O)O)n2)C1. The second-order valence-electron chi connectivity index (χ2n) is 4.93. The fourth-order valence-corrected chi connectivity index (χ4v) is 2.27. The van der Waals surface area contributed by atoms with Crippen molar-refractivity contribution in [3.63, 3.8) is 0 Å². The number of benzene rings is 1. The summed E-state index contributed by atoms with van der Waals surface area (Å²) in [6.07, 6.45) is -0.252. The third kappa shape index (κ3) is 2.79. The number of rotatable bonds is 3. The van der Waals surface area contributed by atoms with Gasteiger partial charge >= 0.3 is 5.97 Å². The second kappa shape index (κ2) is 5.63. The highest BCUT2D eigenvalue weighted by Gasteiger charge is 2.25. The molecule has 7 nitrogen and oxygen atoms in total. The predicted octanol–water partition coefficient (Wildman–Crippen LogP) is 1.44. The van der Waals surface area contributed by atoms with Gasteiger partial charge in [0.1, 0.15) is 6.10 Å². The van der Waals surface area contributed by atoms with Gasteiger partial charge in [-0.15, -0.1) is 0 Å². The van der Waals surface area contributed by atoms with Gasteiger partial charge in [-0.1, -0.05) is 17.3 Å². The summed E-state index contributed by atoms with van der Waals surface area (Å²) in [6.45, 7) is 2.15. The summed E-state index contributed by atoms with van der Waals surface area (Å²) in [4.78, 5) is 17.6. The van der Waals surface area contributed by atoms with Crippen molar-refractivity contribution in [2.45, 2.75) is 6.10 Å². The lowest BCUT2D eigenvalue weighted by atomic mass is 10.1. The van der Waals surface area contributed by atoms with Gasteiger partial charge in [0.25, 0.3) is 5.89 Å². The molecule has 1 aliphatic rings. The first-order valence-corrected chi connectivity index (χ1v) is 6.61. The molecule has 1 unspecified atom stereocenters. The second-order valence-corrected chi connectivity index (χ2v) is 4.93. The highest BCUT2D eigenvalue weighted by Crippen LogP contribution is 2.25. The van der Waals surface area contributed by atoms with Crippen molar-refractivity contribution >= 4 is 5.97 Å². The van der Waals surface area contributed by atoms with Crippen molar-refractivity contribution in [1.29, 1.82) is 0 Å². The zero-order chi connectivity index (χ0) is 14.8. The number of hydrogen-bond acceptors (Lipinski definition) is 6. The Kier molecular flexibility index (Phi) is 3.68. The summed E-state index contributed by atoms with van der Waals surface area (Å²) in [6, 6.07) is 6.54. The van der Waals surface area contributed by atoms with E-state index in [4.69, 9.17) is 9.26 Å². The Hall–Kier alpha value is -2.25. The van der Waals surface area contributed by atoms with Crippen LogP contribution in [0.5, 0.6) is 0 Å². The molecule has 2 aromatic rings. The van der Waals surface area contributed by atoms with E-state index >= 15 is 0 Å². The topological polar surface area (TPSA) is 88.7 Å². The standard InChI is InChI=1S/C14H15N3O4/c1-17-6-7-20-11(8-17)12-15-13(21-16-12)9-4-2-3-5-10(9)14(18)19/h2-5,11H,6-8H2,1H3,(H,18,19). The lowest BCUT2D eigenvalue weighted by Crippen LogP contribution is -2.35. The molecular formula is C14H15N3O4. The van der Waals surface area contributed by atoms with Crippen LogP contribution < -0.4 is 0 Å². The van der Waals surface area contributed by atoms with Crippen molar-refractivity contribution in [3.05, 3.63) is 35.7 Å². The highest BCUT2D eigenvalue weighted by molar-refractivity contribution is 5.94.